The molecule has 9 heteroatoms. The van der Waals surface area contributed by atoms with Crippen LogP contribution in [0.15, 0.2) is 39.3 Å². The number of carboxylic acid groups (broad SMARTS) is 1. The number of halogens is 1. The molecule has 0 fully saturated rings. The van der Waals surface area contributed by atoms with Gasteiger partial charge in [-0.1, -0.05) is 0 Å². The topological polar surface area (TPSA) is 96.4 Å². The molecule has 2 rings (SSSR count). The van der Waals surface area contributed by atoms with Gasteiger partial charge >= 0.3 is 5.97 Å². The molecule has 0 atom stereocenters. The molecule has 0 unspecified atom stereocenters. The van der Waals surface area contributed by atoms with Crippen LogP contribution in [0.2, 0.25) is 0 Å². The van der Waals surface area contributed by atoms with E-state index in [0.29, 0.717) is 15.2 Å². The Labute approximate surface area is 127 Å². The zero-order chi connectivity index (χ0) is 14.8. The van der Waals surface area contributed by atoms with Gasteiger partial charge in [-0.3, -0.25) is 9.52 Å². The lowest BCUT2D eigenvalue weighted by Gasteiger charge is -2.06. The second-order valence-electron chi connectivity index (χ2n) is 3.74. The van der Waals surface area contributed by atoms with Crippen LogP contribution in [0.25, 0.3) is 0 Å². The summed E-state index contributed by atoms with van der Waals surface area (Å²) in [5.74, 6) is -1.00. The number of anilines is 1. The molecule has 106 valence electrons. The fourth-order valence-corrected chi connectivity index (χ4v) is 4.30. The van der Waals surface area contributed by atoms with E-state index in [1.54, 1.807) is 12.1 Å². The van der Waals surface area contributed by atoms with Gasteiger partial charge in [0.25, 0.3) is 10.0 Å². The van der Waals surface area contributed by atoms with Gasteiger partial charge in [0.2, 0.25) is 0 Å². The van der Waals surface area contributed by atoms with Crippen LogP contribution in [-0.4, -0.2) is 24.5 Å². The monoisotopic (exact) mass is 376 g/mol. The van der Waals surface area contributed by atoms with Gasteiger partial charge in [0.15, 0.2) is 0 Å². The zero-order valence-corrected chi connectivity index (χ0v) is 13.1. The third-order valence-electron chi connectivity index (χ3n) is 2.23. The molecule has 0 radical (unpaired) electrons. The Kier molecular flexibility index (Phi) is 4.41. The van der Waals surface area contributed by atoms with Crippen molar-refractivity contribution >= 4 is 48.9 Å². The van der Waals surface area contributed by atoms with E-state index < -0.39 is 16.0 Å². The number of thiophene rings is 1. The molecule has 0 aliphatic rings. The SMILES string of the molecule is O=C(O)Cc1ccc(S(=O)(=O)Nc2cccnc2Br)s1. The van der Waals surface area contributed by atoms with E-state index >= 15 is 0 Å². The Bertz CT molecular complexity index is 742. The van der Waals surface area contributed by atoms with Crippen LogP contribution in [0.4, 0.5) is 5.69 Å². The van der Waals surface area contributed by atoms with E-state index in [1.807, 2.05) is 0 Å². The van der Waals surface area contributed by atoms with Gasteiger partial charge in [0.05, 0.1) is 12.1 Å². The molecule has 0 saturated carbocycles. The minimum atomic E-state index is -3.75. The van der Waals surface area contributed by atoms with Crippen molar-refractivity contribution in [3.05, 3.63) is 39.9 Å². The molecule has 0 aliphatic carbocycles. The first-order valence-electron chi connectivity index (χ1n) is 5.32. The molecule has 2 N–H and O–H groups in total. The van der Waals surface area contributed by atoms with Crippen molar-refractivity contribution in [1.82, 2.24) is 4.98 Å². The summed E-state index contributed by atoms with van der Waals surface area (Å²) in [7, 11) is -3.75. The Morgan fingerprint density at radius 2 is 2.15 bits per heavy atom. The number of aliphatic carboxylic acids is 1. The number of nitrogens with one attached hydrogen (secondary N) is 1. The van der Waals surface area contributed by atoms with Crippen molar-refractivity contribution in [2.45, 2.75) is 10.6 Å². The molecule has 0 aromatic carbocycles. The van der Waals surface area contributed by atoms with Crippen LogP contribution in [-0.2, 0) is 21.2 Å². The standard InChI is InChI=1S/C11H9BrN2O4S2/c12-11-8(2-1-5-13-11)14-20(17,18)10-4-3-7(19-10)6-9(15)16/h1-5,14H,6H2,(H,15,16). The highest BCUT2D eigenvalue weighted by Gasteiger charge is 2.19. The zero-order valence-electron chi connectivity index (χ0n) is 9.91. The van der Waals surface area contributed by atoms with Crippen LogP contribution in [0, 0.1) is 0 Å². The van der Waals surface area contributed by atoms with Crippen molar-refractivity contribution in [3.63, 3.8) is 0 Å². The number of nitrogens with zero attached hydrogens (tertiary/aromatic N) is 1. The number of rotatable bonds is 5. The summed E-state index contributed by atoms with van der Waals surface area (Å²) in [5, 5.41) is 8.68. The normalized spacial score (nSPS) is 11.2. The Morgan fingerprint density at radius 3 is 2.80 bits per heavy atom. The first-order chi connectivity index (χ1) is 9.38. The summed E-state index contributed by atoms with van der Waals surface area (Å²) in [6, 6.07) is 6.05. The van der Waals surface area contributed by atoms with Crippen molar-refractivity contribution in [2.75, 3.05) is 4.72 Å². The number of hydrogen-bond donors (Lipinski definition) is 2. The maximum atomic E-state index is 12.2. The van der Waals surface area contributed by atoms with Gasteiger partial charge in [0.1, 0.15) is 8.81 Å². The summed E-state index contributed by atoms with van der Waals surface area (Å²) in [5.41, 5.74) is 0.320. The third kappa shape index (κ3) is 3.56. The second kappa shape index (κ2) is 5.90. The average molecular weight is 377 g/mol. The summed E-state index contributed by atoms with van der Waals surface area (Å²) in [6.45, 7) is 0. The highest BCUT2D eigenvalue weighted by molar-refractivity contribution is 9.10. The number of pyridine rings is 1. The molecule has 2 heterocycles. The highest BCUT2D eigenvalue weighted by atomic mass is 79.9. The van der Waals surface area contributed by atoms with Crippen LogP contribution < -0.4 is 4.72 Å². The van der Waals surface area contributed by atoms with Crippen LogP contribution in [0.1, 0.15) is 4.88 Å². The third-order valence-corrected chi connectivity index (χ3v) is 5.81. The number of carboxylic acids is 1. The maximum absolute atomic E-state index is 12.2. The number of aromatic nitrogens is 1. The largest absolute Gasteiger partial charge is 0.481 e. The maximum Gasteiger partial charge on any atom is 0.308 e. The van der Waals surface area contributed by atoms with Crippen molar-refractivity contribution < 1.29 is 18.3 Å². The van der Waals surface area contributed by atoms with Gasteiger partial charge < -0.3 is 5.11 Å². The first kappa shape index (κ1) is 14.9. The Morgan fingerprint density at radius 1 is 1.40 bits per heavy atom. The molecule has 0 spiro atoms. The van der Waals surface area contributed by atoms with Crippen molar-refractivity contribution in [1.29, 1.82) is 0 Å². The van der Waals surface area contributed by atoms with E-state index in [-0.39, 0.29) is 10.6 Å². The number of carbonyl (C=O) groups is 1. The second-order valence-corrected chi connectivity index (χ2v) is 7.57. The van der Waals surface area contributed by atoms with E-state index in [1.165, 1.54) is 18.3 Å². The smallest absolute Gasteiger partial charge is 0.308 e. The van der Waals surface area contributed by atoms with Gasteiger partial charge in [-0.05, 0) is 40.2 Å². The Balaban J connectivity index is 2.25. The average Bonchev–Trinajstić information content (AvgIpc) is 2.80. The van der Waals surface area contributed by atoms with Gasteiger partial charge in [-0.15, -0.1) is 11.3 Å². The minimum Gasteiger partial charge on any atom is -0.481 e. The summed E-state index contributed by atoms with van der Waals surface area (Å²) >= 11 is 4.07. The van der Waals surface area contributed by atoms with E-state index in [0.717, 1.165) is 11.3 Å². The van der Waals surface area contributed by atoms with Crippen LogP contribution in [0.5, 0.6) is 0 Å². The van der Waals surface area contributed by atoms with Crippen molar-refractivity contribution in [2.24, 2.45) is 0 Å². The molecular formula is C11H9BrN2O4S2. The fourth-order valence-electron chi connectivity index (χ4n) is 1.40. The quantitative estimate of drug-likeness (QED) is 0.780. The summed E-state index contributed by atoms with van der Waals surface area (Å²) in [4.78, 5) is 15.0. The number of sulfonamides is 1. The molecule has 6 nitrogen and oxygen atoms in total. The summed E-state index contributed by atoms with van der Waals surface area (Å²) in [6.07, 6.45) is 1.33. The molecule has 2 aromatic heterocycles. The van der Waals surface area contributed by atoms with E-state index in [4.69, 9.17) is 5.11 Å². The molecular weight excluding hydrogens is 368 g/mol. The number of hydrogen-bond acceptors (Lipinski definition) is 5. The predicted molar refractivity (Wildman–Crippen MR) is 78.4 cm³/mol. The first-order valence-corrected chi connectivity index (χ1v) is 8.41. The molecule has 2 aromatic rings. The fraction of sp³-hybridized carbons (Fsp3) is 0.0909. The highest BCUT2D eigenvalue weighted by Crippen LogP contribution is 2.26. The lowest BCUT2D eigenvalue weighted by molar-refractivity contribution is -0.136. The molecule has 0 bridgehead atoms. The van der Waals surface area contributed by atoms with E-state index in [2.05, 4.69) is 25.6 Å². The van der Waals surface area contributed by atoms with E-state index in [9.17, 15) is 13.2 Å². The predicted octanol–water partition coefficient (Wildman–Crippen LogP) is 2.33. The van der Waals surface area contributed by atoms with Crippen LogP contribution >= 0.6 is 27.3 Å². The van der Waals surface area contributed by atoms with Gasteiger partial charge in [0, 0.05) is 11.1 Å². The van der Waals surface area contributed by atoms with Gasteiger partial charge in [-0.2, -0.15) is 0 Å². The minimum absolute atomic E-state index is 0.0597. The lowest BCUT2D eigenvalue weighted by atomic mass is 10.3. The lowest BCUT2D eigenvalue weighted by Crippen LogP contribution is -2.12. The molecule has 20 heavy (non-hydrogen) atoms. The van der Waals surface area contributed by atoms with Crippen molar-refractivity contribution in [3.8, 4) is 0 Å². The molecule has 0 saturated heterocycles. The summed E-state index contributed by atoms with van der Waals surface area (Å²) < 4.78 is 27.1. The van der Waals surface area contributed by atoms with Gasteiger partial charge in [-0.25, -0.2) is 13.4 Å². The van der Waals surface area contributed by atoms with Crippen LogP contribution in [0.3, 0.4) is 0 Å². The molecule has 0 aliphatic heterocycles. The Hall–Kier alpha value is -1.45. The molecule has 0 amide bonds.